The van der Waals surface area contributed by atoms with Gasteiger partial charge in [-0.25, -0.2) is 4.99 Å². The average molecular weight is 324 g/mol. The Morgan fingerprint density at radius 2 is 2.18 bits per heavy atom. The molecule has 2 N–H and O–H groups in total. The van der Waals surface area contributed by atoms with E-state index in [-0.39, 0.29) is 0 Å². The quantitative estimate of drug-likeness (QED) is 0.437. The number of guanidine groups is 1. The molecule has 0 spiro atoms. The van der Waals surface area contributed by atoms with Gasteiger partial charge in [0.2, 0.25) is 0 Å². The van der Waals surface area contributed by atoms with Gasteiger partial charge in [-0.2, -0.15) is 0 Å². The molecule has 0 bridgehead atoms. The monoisotopic (exact) mass is 323 g/mol. The van der Waals surface area contributed by atoms with E-state index in [4.69, 9.17) is 4.74 Å². The lowest BCUT2D eigenvalue weighted by Crippen LogP contribution is -2.38. The molecule has 0 atom stereocenters. The summed E-state index contributed by atoms with van der Waals surface area (Å²) in [7, 11) is 0. The molecular formula is C17H29N3OS. The maximum Gasteiger partial charge on any atom is 0.191 e. The van der Waals surface area contributed by atoms with Crippen molar-refractivity contribution in [3.63, 3.8) is 0 Å². The Morgan fingerprint density at radius 1 is 1.36 bits per heavy atom. The highest BCUT2D eigenvalue weighted by atomic mass is 32.1. The smallest absolute Gasteiger partial charge is 0.191 e. The molecule has 1 aliphatic carbocycles. The second kappa shape index (κ2) is 9.85. The second-order valence-corrected chi connectivity index (χ2v) is 6.78. The zero-order valence-corrected chi connectivity index (χ0v) is 14.7. The van der Waals surface area contributed by atoms with Crippen molar-refractivity contribution in [2.24, 2.45) is 4.99 Å². The first-order valence-electron chi connectivity index (χ1n) is 8.46. The maximum absolute atomic E-state index is 5.88. The van der Waals surface area contributed by atoms with Gasteiger partial charge in [0.15, 0.2) is 5.96 Å². The fourth-order valence-electron chi connectivity index (χ4n) is 2.64. The Kier molecular flexibility index (Phi) is 7.74. The fraction of sp³-hybridized carbons (Fsp3) is 0.706. The summed E-state index contributed by atoms with van der Waals surface area (Å²) >= 11 is 1.77. The topological polar surface area (TPSA) is 45.7 Å². The Labute approximate surface area is 138 Å². The minimum absolute atomic E-state index is 0.517. The van der Waals surface area contributed by atoms with Crippen molar-refractivity contribution in [1.29, 1.82) is 0 Å². The summed E-state index contributed by atoms with van der Waals surface area (Å²) in [5.74, 6) is 0.899. The Balaban J connectivity index is 1.65. The summed E-state index contributed by atoms with van der Waals surface area (Å²) in [5, 5.41) is 8.82. The maximum atomic E-state index is 5.88. The fourth-order valence-corrected chi connectivity index (χ4v) is 3.47. The van der Waals surface area contributed by atoms with Gasteiger partial charge in [0.25, 0.3) is 0 Å². The number of ether oxygens (including phenoxy) is 1. The van der Waals surface area contributed by atoms with Crippen LogP contribution in [0, 0.1) is 6.92 Å². The third kappa shape index (κ3) is 5.97. The van der Waals surface area contributed by atoms with Crippen LogP contribution in [-0.2, 0) is 11.3 Å². The van der Waals surface area contributed by atoms with Gasteiger partial charge in [-0.1, -0.05) is 12.8 Å². The molecule has 1 heterocycles. The van der Waals surface area contributed by atoms with Crippen LogP contribution in [-0.4, -0.2) is 31.8 Å². The van der Waals surface area contributed by atoms with E-state index < -0.39 is 0 Å². The van der Waals surface area contributed by atoms with E-state index >= 15 is 0 Å². The first-order valence-corrected chi connectivity index (χ1v) is 9.34. The van der Waals surface area contributed by atoms with Crippen molar-refractivity contribution in [3.05, 3.63) is 21.9 Å². The van der Waals surface area contributed by atoms with Crippen molar-refractivity contribution in [2.75, 3.05) is 19.7 Å². The Bertz CT molecular complexity index is 453. The highest BCUT2D eigenvalue weighted by Crippen LogP contribution is 2.20. The number of thiophene rings is 1. The number of hydrogen-bond acceptors (Lipinski definition) is 3. The van der Waals surface area contributed by atoms with Crippen molar-refractivity contribution < 1.29 is 4.74 Å². The lowest BCUT2D eigenvalue weighted by Gasteiger charge is -2.13. The van der Waals surface area contributed by atoms with Crippen LogP contribution in [0.15, 0.2) is 16.4 Å². The van der Waals surface area contributed by atoms with Crippen molar-refractivity contribution in [3.8, 4) is 0 Å². The van der Waals surface area contributed by atoms with E-state index in [1.54, 1.807) is 11.3 Å². The molecule has 1 saturated carbocycles. The molecule has 0 radical (unpaired) electrons. The molecule has 0 saturated heterocycles. The highest BCUT2D eigenvalue weighted by Gasteiger charge is 2.14. The van der Waals surface area contributed by atoms with Crippen LogP contribution in [0.4, 0.5) is 0 Å². The van der Waals surface area contributed by atoms with E-state index in [1.165, 1.54) is 36.1 Å². The summed E-state index contributed by atoms with van der Waals surface area (Å²) < 4.78 is 5.88. The van der Waals surface area contributed by atoms with Gasteiger partial charge in [-0.05, 0) is 50.1 Å². The largest absolute Gasteiger partial charge is 0.378 e. The molecule has 1 aliphatic rings. The van der Waals surface area contributed by atoms with E-state index in [9.17, 15) is 0 Å². The van der Waals surface area contributed by atoms with Crippen LogP contribution >= 0.6 is 11.3 Å². The predicted molar refractivity (Wildman–Crippen MR) is 94.7 cm³/mol. The highest BCUT2D eigenvalue weighted by molar-refractivity contribution is 7.10. The minimum Gasteiger partial charge on any atom is -0.378 e. The summed E-state index contributed by atoms with van der Waals surface area (Å²) in [6.45, 7) is 7.62. The van der Waals surface area contributed by atoms with Gasteiger partial charge in [-0.3, -0.25) is 0 Å². The van der Waals surface area contributed by atoms with Crippen molar-refractivity contribution in [1.82, 2.24) is 10.6 Å². The molecule has 0 aliphatic heterocycles. The van der Waals surface area contributed by atoms with Gasteiger partial charge >= 0.3 is 0 Å². The number of aryl methyl sites for hydroxylation is 1. The number of nitrogens with zero attached hydrogens (tertiary/aromatic N) is 1. The lowest BCUT2D eigenvalue weighted by molar-refractivity contribution is 0.0574. The molecular weight excluding hydrogens is 294 g/mol. The molecule has 0 aromatic carbocycles. The van der Waals surface area contributed by atoms with Crippen LogP contribution in [0.3, 0.4) is 0 Å². The zero-order chi connectivity index (χ0) is 15.6. The molecule has 0 amide bonds. The van der Waals surface area contributed by atoms with Crippen molar-refractivity contribution >= 4 is 17.3 Å². The summed E-state index contributed by atoms with van der Waals surface area (Å²) in [6.07, 6.45) is 6.71. The third-order valence-corrected chi connectivity index (χ3v) is 4.97. The SMILES string of the molecule is CCNC(=NCc1sccc1C)NCCCOC1CCCC1. The molecule has 1 aromatic rings. The number of hydrogen-bond donors (Lipinski definition) is 2. The Hall–Kier alpha value is -1.07. The molecule has 5 heteroatoms. The first-order chi connectivity index (χ1) is 10.8. The number of rotatable bonds is 8. The normalized spacial score (nSPS) is 16.2. The minimum atomic E-state index is 0.517. The first kappa shape index (κ1) is 17.3. The average Bonchev–Trinajstić information content (AvgIpc) is 3.16. The van der Waals surface area contributed by atoms with Crippen LogP contribution in [0.2, 0.25) is 0 Å². The van der Waals surface area contributed by atoms with Gasteiger partial charge in [0.05, 0.1) is 12.6 Å². The molecule has 1 fully saturated rings. The van der Waals surface area contributed by atoms with E-state index in [2.05, 4.69) is 40.9 Å². The number of nitrogens with one attached hydrogen (secondary N) is 2. The van der Waals surface area contributed by atoms with E-state index in [1.807, 2.05) is 0 Å². The van der Waals surface area contributed by atoms with Crippen LogP contribution in [0.5, 0.6) is 0 Å². The van der Waals surface area contributed by atoms with Crippen LogP contribution in [0.25, 0.3) is 0 Å². The van der Waals surface area contributed by atoms with Crippen LogP contribution < -0.4 is 10.6 Å². The lowest BCUT2D eigenvalue weighted by atomic mass is 10.3. The molecule has 2 rings (SSSR count). The number of aliphatic imine (C=N–C) groups is 1. The summed E-state index contributed by atoms with van der Waals surface area (Å²) in [5.41, 5.74) is 1.33. The zero-order valence-electron chi connectivity index (χ0n) is 13.9. The van der Waals surface area contributed by atoms with E-state index in [0.29, 0.717) is 6.10 Å². The van der Waals surface area contributed by atoms with Crippen LogP contribution in [0.1, 0.15) is 49.5 Å². The Morgan fingerprint density at radius 3 is 2.86 bits per heavy atom. The molecule has 0 unspecified atom stereocenters. The van der Waals surface area contributed by atoms with Gasteiger partial charge in [0, 0.05) is 24.6 Å². The predicted octanol–water partition coefficient (Wildman–Crippen LogP) is 3.46. The molecule has 124 valence electrons. The van der Waals surface area contributed by atoms with Gasteiger partial charge in [0.1, 0.15) is 0 Å². The standard InChI is InChI=1S/C17H29N3OS/c1-3-18-17(20-13-16-14(2)9-12-22-16)19-10-6-11-21-15-7-4-5-8-15/h9,12,15H,3-8,10-11,13H2,1-2H3,(H2,18,19,20). The molecule has 4 nitrogen and oxygen atoms in total. The van der Waals surface area contributed by atoms with Gasteiger partial charge < -0.3 is 15.4 Å². The second-order valence-electron chi connectivity index (χ2n) is 5.78. The van der Waals surface area contributed by atoms with Crippen molar-refractivity contribution in [2.45, 2.75) is 58.6 Å². The summed E-state index contributed by atoms with van der Waals surface area (Å²) in [6, 6.07) is 2.15. The third-order valence-electron chi connectivity index (χ3n) is 3.96. The van der Waals surface area contributed by atoms with Gasteiger partial charge in [-0.15, -0.1) is 11.3 Å². The molecule has 1 aromatic heterocycles. The summed E-state index contributed by atoms with van der Waals surface area (Å²) in [4.78, 5) is 5.99. The van der Waals surface area contributed by atoms with E-state index in [0.717, 1.165) is 38.6 Å². The molecule has 22 heavy (non-hydrogen) atoms.